The molecule has 4 N–H and O–H groups in total. The highest BCUT2D eigenvalue weighted by molar-refractivity contribution is 5.98. The quantitative estimate of drug-likeness (QED) is 0.301. The van der Waals surface area contributed by atoms with Gasteiger partial charge in [0.1, 0.15) is 5.82 Å². The molecule has 6 heteroatoms. The number of hydrogen-bond acceptors (Lipinski definition) is 4. The van der Waals surface area contributed by atoms with E-state index in [4.69, 9.17) is 15.7 Å². The predicted octanol–water partition coefficient (Wildman–Crippen LogP) is 1.29. The molecular formula is C13H20FN3O2. The largest absolute Gasteiger partial charge is 0.409 e. The van der Waals surface area contributed by atoms with Gasteiger partial charge in [0.15, 0.2) is 5.84 Å². The number of benzene rings is 1. The minimum absolute atomic E-state index is 0.0961. The van der Waals surface area contributed by atoms with Gasteiger partial charge in [-0.1, -0.05) is 18.1 Å². The van der Waals surface area contributed by atoms with E-state index in [9.17, 15) is 4.39 Å². The molecule has 19 heavy (non-hydrogen) atoms. The van der Waals surface area contributed by atoms with Crippen molar-refractivity contribution in [3.63, 3.8) is 0 Å². The van der Waals surface area contributed by atoms with Crippen molar-refractivity contribution >= 4 is 5.84 Å². The molecule has 0 aliphatic heterocycles. The second-order valence-corrected chi connectivity index (χ2v) is 4.48. The van der Waals surface area contributed by atoms with E-state index in [1.165, 1.54) is 12.1 Å². The summed E-state index contributed by atoms with van der Waals surface area (Å²) in [5, 5.41) is 14.8. The smallest absolute Gasteiger partial charge is 0.170 e. The van der Waals surface area contributed by atoms with Gasteiger partial charge < -0.3 is 21.0 Å². The molecule has 1 aromatic rings. The van der Waals surface area contributed by atoms with Crippen molar-refractivity contribution in [1.29, 1.82) is 0 Å². The Morgan fingerprint density at radius 1 is 1.58 bits per heavy atom. The average Bonchev–Trinajstić information content (AvgIpc) is 2.39. The Morgan fingerprint density at radius 3 is 2.95 bits per heavy atom. The van der Waals surface area contributed by atoms with Crippen LogP contribution in [0.4, 0.5) is 4.39 Å². The SMILES string of the molecule is COCC(C)CNCc1ccc(F)cc1C(N)=NO. The molecule has 0 bridgehead atoms. The van der Waals surface area contributed by atoms with Crippen molar-refractivity contribution in [2.75, 3.05) is 20.3 Å². The summed E-state index contributed by atoms with van der Waals surface area (Å²) >= 11 is 0. The number of halogens is 1. The Morgan fingerprint density at radius 2 is 2.32 bits per heavy atom. The summed E-state index contributed by atoms with van der Waals surface area (Å²) in [5.41, 5.74) is 6.71. The van der Waals surface area contributed by atoms with Crippen LogP contribution < -0.4 is 11.1 Å². The Kier molecular flexibility index (Phi) is 6.24. The molecule has 0 fully saturated rings. The van der Waals surface area contributed by atoms with E-state index in [1.807, 2.05) is 0 Å². The summed E-state index contributed by atoms with van der Waals surface area (Å²) in [7, 11) is 1.66. The van der Waals surface area contributed by atoms with E-state index in [1.54, 1.807) is 13.2 Å². The Labute approximate surface area is 112 Å². The number of amidine groups is 1. The van der Waals surface area contributed by atoms with Crippen molar-refractivity contribution in [3.8, 4) is 0 Å². The third-order valence-corrected chi connectivity index (χ3v) is 2.72. The summed E-state index contributed by atoms with van der Waals surface area (Å²) in [4.78, 5) is 0. The van der Waals surface area contributed by atoms with Crippen LogP contribution in [0.15, 0.2) is 23.4 Å². The number of ether oxygens (including phenoxy) is 1. The van der Waals surface area contributed by atoms with Crippen LogP contribution >= 0.6 is 0 Å². The molecule has 1 unspecified atom stereocenters. The number of nitrogens with one attached hydrogen (secondary N) is 1. The average molecular weight is 269 g/mol. The van der Waals surface area contributed by atoms with Gasteiger partial charge in [-0.3, -0.25) is 0 Å². The van der Waals surface area contributed by atoms with Gasteiger partial charge in [-0.25, -0.2) is 4.39 Å². The van der Waals surface area contributed by atoms with Crippen molar-refractivity contribution in [2.24, 2.45) is 16.8 Å². The first-order chi connectivity index (χ1) is 9.08. The van der Waals surface area contributed by atoms with Crippen molar-refractivity contribution in [1.82, 2.24) is 5.32 Å². The second-order valence-electron chi connectivity index (χ2n) is 4.48. The molecular weight excluding hydrogens is 249 g/mol. The zero-order valence-electron chi connectivity index (χ0n) is 11.2. The summed E-state index contributed by atoms with van der Waals surface area (Å²) in [6, 6.07) is 4.23. The Balaban J connectivity index is 2.68. The lowest BCUT2D eigenvalue weighted by molar-refractivity contribution is 0.158. The van der Waals surface area contributed by atoms with Gasteiger partial charge in [0.2, 0.25) is 0 Å². The second kappa shape index (κ2) is 7.70. The maximum Gasteiger partial charge on any atom is 0.170 e. The number of rotatable bonds is 7. The molecule has 1 atom stereocenters. The molecule has 0 saturated heterocycles. The van der Waals surface area contributed by atoms with Crippen LogP contribution in [0.2, 0.25) is 0 Å². The molecule has 106 valence electrons. The van der Waals surface area contributed by atoms with Gasteiger partial charge in [-0.05, 0) is 23.6 Å². The van der Waals surface area contributed by atoms with E-state index in [0.29, 0.717) is 24.6 Å². The van der Waals surface area contributed by atoms with Crippen LogP contribution in [0.3, 0.4) is 0 Å². The van der Waals surface area contributed by atoms with E-state index in [2.05, 4.69) is 17.4 Å². The zero-order valence-corrected chi connectivity index (χ0v) is 11.2. The van der Waals surface area contributed by atoms with E-state index in [0.717, 1.165) is 12.1 Å². The summed E-state index contributed by atoms with van der Waals surface area (Å²) < 4.78 is 18.2. The molecule has 0 saturated carbocycles. The van der Waals surface area contributed by atoms with Gasteiger partial charge in [0.25, 0.3) is 0 Å². The number of nitrogens with zero attached hydrogens (tertiary/aromatic N) is 1. The molecule has 5 nitrogen and oxygen atoms in total. The van der Waals surface area contributed by atoms with E-state index < -0.39 is 5.82 Å². The first-order valence-corrected chi connectivity index (χ1v) is 6.04. The van der Waals surface area contributed by atoms with Gasteiger partial charge in [-0.2, -0.15) is 0 Å². The fraction of sp³-hybridized carbons (Fsp3) is 0.462. The third kappa shape index (κ3) is 4.84. The molecule has 0 aliphatic rings. The molecule has 1 rings (SSSR count). The fourth-order valence-corrected chi connectivity index (χ4v) is 1.79. The summed E-state index contributed by atoms with van der Waals surface area (Å²) in [5.74, 6) is -0.142. The molecule has 0 aliphatic carbocycles. The number of hydrogen-bond donors (Lipinski definition) is 3. The lowest BCUT2D eigenvalue weighted by Crippen LogP contribution is -2.25. The monoisotopic (exact) mass is 269 g/mol. The minimum Gasteiger partial charge on any atom is -0.409 e. The van der Waals surface area contributed by atoms with Gasteiger partial charge in [0, 0.05) is 32.4 Å². The molecule has 0 heterocycles. The highest BCUT2D eigenvalue weighted by Crippen LogP contribution is 2.11. The van der Waals surface area contributed by atoms with Crippen LogP contribution in [0.25, 0.3) is 0 Å². The van der Waals surface area contributed by atoms with Gasteiger partial charge in [-0.15, -0.1) is 0 Å². The molecule has 1 aromatic carbocycles. The Hall–Kier alpha value is -1.66. The van der Waals surface area contributed by atoms with Crippen LogP contribution in [0, 0.1) is 11.7 Å². The normalized spacial score (nSPS) is 13.5. The minimum atomic E-state index is -0.418. The van der Waals surface area contributed by atoms with Crippen molar-refractivity contribution in [2.45, 2.75) is 13.5 Å². The first kappa shape index (κ1) is 15.4. The van der Waals surface area contributed by atoms with Crippen LogP contribution in [-0.4, -0.2) is 31.3 Å². The summed E-state index contributed by atoms with van der Waals surface area (Å²) in [6.45, 7) is 4.01. The number of oxime groups is 1. The van der Waals surface area contributed by atoms with Crippen LogP contribution in [-0.2, 0) is 11.3 Å². The van der Waals surface area contributed by atoms with Crippen molar-refractivity contribution in [3.05, 3.63) is 35.1 Å². The van der Waals surface area contributed by atoms with Gasteiger partial charge in [0.05, 0.1) is 0 Å². The van der Waals surface area contributed by atoms with E-state index >= 15 is 0 Å². The third-order valence-electron chi connectivity index (χ3n) is 2.72. The maximum absolute atomic E-state index is 13.2. The lowest BCUT2D eigenvalue weighted by Gasteiger charge is -2.13. The standard InChI is InChI=1S/C13H20FN3O2/c1-9(8-19-2)6-16-7-10-3-4-11(14)5-12(10)13(15)17-18/h3-5,9,16,18H,6-8H2,1-2H3,(H2,15,17). The topological polar surface area (TPSA) is 79.9 Å². The van der Waals surface area contributed by atoms with Crippen LogP contribution in [0.5, 0.6) is 0 Å². The van der Waals surface area contributed by atoms with Crippen LogP contribution in [0.1, 0.15) is 18.1 Å². The molecule has 0 aromatic heterocycles. The fourth-order valence-electron chi connectivity index (χ4n) is 1.79. The highest BCUT2D eigenvalue weighted by Gasteiger charge is 2.09. The molecule has 0 radical (unpaired) electrons. The van der Waals surface area contributed by atoms with E-state index in [-0.39, 0.29) is 5.84 Å². The molecule has 0 amide bonds. The predicted molar refractivity (Wildman–Crippen MR) is 71.7 cm³/mol. The highest BCUT2D eigenvalue weighted by atomic mass is 19.1. The lowest BCUT2D eigenvalue weighted by atomic mass is 10.1. The molecule has 0 spiro atoms. The zero-order chi connectivity index (χ0) is 14.3. The van der Waals surface area contributed by atoms with Gasteiger partial charge >= 0.3 is 0 Å². The number of methoxy groups -OCH3 is 1. The van der Waals surface area contributed by atoms with Crippen molar-refractivity contribution < 1.29 is 14.3 Å². The first-order valence-electron chi connectivity index (χ1n) is 6.04. The number of nitrogens with two attached hydrogens (primary N) is 1. The maximum atomic E-state index is 13.2. The Bertz CT molecular complexity index is 438. The summed E-state index contributed by atoms with van der Waals surface area (Å²) in [6.07, 6.45) is 0.